The Morgan fingerprint density at radius 1 is 1.41 bits per heavy atom. The lowest BCUT2D eigenvalue weighted by atomic mass is 10.1. The monoisotopic (exact) mass is 245 g/mol. The van der Waals surface area contributed by atoms with E-state index < -0.39 is 0 Å². The fraction of sp³-hybridized carbons (Fsp3) is 0.167. The van der Waals surface area contributed by atoms with Crippen molar-refractivity contribution < 1.29 is 4.79 Å². The van der Waals surface area contributed by atoms with Gasteiger partial charge in [-0.15, -0.1) is 11.3 Å². The highest BCUT2D eigenvalue weighted by Crippen LogP contribution is 2.34. The summed E-state index contributed by atoms with van der Waals surface area (Å²) in [5.74, 6) is -0.0148. The van der Waals surface area contributed by atoms with Crippen LogP contribution in [0.5, 0.6) is 0 Å². The normalized spacial score (nSPS) is 14.4. The molecule has 1 aliphatic heterocycles. The van der Waals surface area contributed by atoms with E-state index in [-0.39, 0.29) is 5.91 Å². The summed E-state index contributed by atoms with van der Waals surface area (Å²) in [5.41, 5.74) is 4.47. The largest absolute Gasteiger partial charge is 0.334 e. The second-order valence-electron chi connectivity index (χ2n) is 3.85. The number of nitrogens with zero attached hydrogens (tertiary/aromatic N) is 2. The van der Waals surface area contributed by atoms with Crippen LogP contribution in [0.25, 0.3) is 0 Å². The molecule has 1 aliphatic rings. The number of fused-ring (bicyclic) bond motifs is 1. The Balaban J connectivity index is 2.13. The number of aromatic nitrogens is 1. The fourth-order valence-corrected chi connectivity index (χ4v) is 2.79. The fourth-order valence-electron chi connectivity index (χ4n) is 1.97. The number of hydrogen-bond donors (Lipinski definition) is 1. The first kappa shape index (κ1) is 10.3. The molecular formula is C12H11N3OS. The Morgan fingerprint density at radius 2 is 2.24 bits per heavy atom. The number of carbonyl (C=O) groups excluding carboxylic acids is 1. The third kappa shape index (κ3) is 1.59. The summed E-state index contributed by atoms with van der Waals surface area (Å²) in [6, 6.07) is 7.63. The number of hydrogen-bond acceptors (Lipinski definition) is 4. The van der Waals surface area contributed by atoms with E-state index in [1.807, 2.05) is 36.7 Å². The molecule has 0 aliphatic carbocycles. The standard InChI is InChI=1S/C12H11N3OS/c1-8-12(17-7-14-8)15-6-13-11(16)9-4-2-3-5-10(9)15/h2-5,7H,6H2,1H3,(H,13,16). The number of thiazole rings is 1. The van der Waals surface area contributed by atoms with Gasteiger partial charge >= 0.3 is 0 Å². The molecule has 86 valence electrons. The van der Waals surface area contributed by atoms with Gasteiger partial charge in [-0.3, -0.25) is 4.79 Å². The summed E-state index contributed by atoms with van der Waals surface area (Å²) >= 11 is 1.58. The van der Waals surface area contributed by atoms with Gasteiger partial charge < -0.3 is 10.2 Å². The Morgan fingerprint density at radius 3 is 3.00 bits per heavy atom. The van der Waals surface area contributed by atoms with Gasteiger partial charge in [0, 0.05) is 0 Å². The quantitative estimate of drug-likeness (QED) is 0.838. The highest BCUT2D eigenvalue weighted by molar-refractivity contribution is 7.14. The Bertz CT molecular complexity index is 579. The van der Waals surface area contributed by atoms with E-state index in [9.17, 15) is 4.79 Å². The number of aryl methyl sites for hydroxylation is 1. The first-order chi connectivity index (χ1) is 8.27. The Hall–Kier alpha value is -1.88. The predicted octanol–water partition coefficient (Wildman–Crippen LogP) is 2.29. The smallest absolute Gasteiger partial charge is 0.254 e. The van der Waals surface area contributed by atoms with Crippen molar-refractivity contribution in [3.63, 3.8) is 0 Å². The molecule has 0 saturated carbocycles. The molecule has 0 spiro atoms. The van der Waals surface area contributed by atoms with Crippen LogP contribution in [0.3, 0.4) is 0 Å². The van der Waals surface area contributed by atoms with Crippen LogP contribution < -0.4 is 10.2 Å². The van der Waals surface area contributed by atoms with Gasteiger partial charge in [0.1, 0.15) is 5.00 Å². The second-order valence-corrected chi connectivity index (χ2v) is 4.69. The zero-order chi connectivity index (χ0) is 11.8. The van der Waals surface area contributed by atoms with Crippen molar-refractivity contribution in [3.8, 4) is 0 Å². The van der Waals surface area contributed by atoms with Gasteiger partial charge in [0.25, 0.3) is 5.91 Å². The first-order valence-electron chi connectivity index (χ1n) is 5.32. The highest BCUT2D eigenvalue weighted by atomic mass is 32.1. The maximum atomic E-state index is 11.7. The lowest BCUT2D eigenvalue weighted by Crippen LogP contribution is -2.40. The molecule has 0 unspecified atom stereocenters. The topological polar surface area (TPSA) is 45.2 Å². The molecule has 17 heavy (non-hydrogen) atoms. The molecule has 2 heterocycles. The van der Waals surface area contributed by atoms with Gasteiger partial charge in [-0.25, -0.2) is 4.98 Å². The van der Waals surface area contributed by atoms with Crippen molar-refractivity contribution >= 4 is 27.9 Å². The summed E-state index contributed by atoms with van der Waals surface area (Å²) in [6.45, 7) is 2.48. The molecule has 5 heteroatoms. The average molecular weight is 245 g/mol. The molecule has 1 aromatic carbocycles. The van der Waals surface area contributed by atoms with Crippen LogP contribution in [0.4, 0.5) is 10.7 Å². The van der Waals surface area contributed by atoms with E-state index in [1.165, 1.54) is 0 Å². The molecule has 4 nitrogen and oxygen atoms in total. The molecule has 0 radical (unpaired) electrons. The summed E-state index contributed by atoms with van der Waals surface area (Å²) < 4.78 is 0. The number of anilines is 2. The van der Waals surface area contributed by atoms with Crippen molar-refractivity contribution in [3.05, 3.63) is 41.0 Å². The van der Waals surface area contributed by atoms with Crippen LogP contribution in [0.2, 0.25) is 0 Å². The minimum atomic E-state index is -0.0148. The molecule has 2 aromatic rings. The van der Waals surface area contributed by atoms with Crippen molar-refractivity contribution in [2.24, 2.45) is 0 Å². The van der Waals surface area contributed by atoms with E-state index in [2.05, 4.69) is 15.2 Å². The lowest BCUT2D eigenvalue weighted by Gasteiger charge is -2.30. The van der Waals surface area contributed by atoms with Gasteiger partial charge in [-0.1, -0.05) is 12.1 Å². The van der Waals surface area contributed by atoms with E-state index in [0.717, 1.165) is 16.4 Å². The molecule has 0 fully saturated rings. The molecular weight excluding hydrogens is 234 g/mol. The third-order valence-corrected chi connectivity index (χ3v) is 3.75. The molecule has 1 N–H and O–H groups in total. The van der Waals surface area contributed by atoms with Crippen molar-refractivity contribution in [1.29, 1.82) is 0 Å². The van der Waals surface area contributed by atoms with E-state index in [1.54, 1.807) is 11.3 Å². The first-order valence-corrected chi connectivity index (χ1v) is 6.20. The van der Waals surface area contributed by atoms with Crippen molar-refractivity contribution in [2.45, 2.75) is 6.92 Å². The molecule has 1 aromatic heterocycles. The SMILES string of the molecule is Cc1ncsc1N1CNC(=O)c2ccccc21. The minimum Gasteiger partial charge on any atom is -0.334 e. The van der Waals surface area contributed by atoms with Gasteiger partial charge in [0.2, 0.25) is 0 Å². The summed E-state index contributed by atoms with van der Waals surface area (Å²) in [6.07, 6.45) is 0. The number of benzene rings is 1. The van der Waals surface area contributed by atoms with Gasteiger partial charge in [0.05, 0.1) is 29.1 Å². The number of rotatable bonds is 1. The number of nitrogens with one attached hydrogen (secondary N) is 1. The van der Waals surface area contributed by atoms with Crippen LogP contribution in [0, 0.1) is 6.92 Å². The zero-order valence-electron chi connectivity index (χ0n) is 9.30. The summed E-state index contributed by atoms with van der Waals surface area (Å²) in [4.78, 5) is 18.1. The minimum absolute atomic E-state index is 0.0148. The highest BCUT2D eigenvalue weighted by Gasteiger charge is 2.24. The van der Waals surface area contributed by atoms with Crippen LogP contribution in [0.1, 0.15) is 16.1 Å². The summed E-state index contributed by atoms with van der Waals surface area (Å²) in [7, 11) is 0. The molecule has 0 bridgehead atoms. The van der Waals surface area contributed by atoms with Crippen LogP contribution in [-0.4, -0.2) is 17.6 Å². The predicted molar refractivity (Wildman–Crippen MR) is 67.8 cm³/mol. The molecule has 0 saturated heterocycles. The second kappa shape index (κ2) is 3.85. The summed E-state index contributed by atoms with van der Waals surface area (Å²) in [5, 5.41) is 3.95. The Kier molecular flexibility index (Phi) is 2.33. The molecule has 1 amide bonds. The van der Waals surface area contributed by atoms with E-state index in [4.69, 9.17) is 0 Å². The van der Waals surface area contributed by atoms with Crippen LogP contribution in [-0.2, 0) is 0 Å². The van der Waals surface area contributed by atoms with Gasteiger partial charge in [-0.05, 0) is 19.1 Å². The van der Waals surface area contributed by atoms with E-state index in [0.29, 0.717) is 12.2 Å². The zero-order valence-corrected chi connectivity index (χ0v) is 10.1. The van der Waals surface area contributed by atoms with Gasteiger partial charge in [0.15, 0.2) is 0 Å². The Labute approximate surface area is 103 Å². The van der Waals surface area contributed by atoms with E-state index >= 15 is 0 Å². The number of carbonyl (C=O) groups is 1. The van der Waals surface area contributed by atoms with Crippen molar-refractivity contribution in [2.75, 3.05) is 11.6 Å². The lowest BCUT2D eigenvalue weighted by molar-refractivity contribution is 0.0949. The van der Waals surface area contributed by atoms with Crippen LogP contribution in [0.15, 0.2) is 29.8 Å². The third-order valence-electron chi connectivity index (χ3n) is 2.80. The van der Waals surface area contributed by atoms with Crippen molar-refractivity contribution in [1.82, 2.24) is 10.3 Å². The van der Waals surface area contributed by atoms with Crippen LogP contribution >= 0.6 is 11.3 Å². The van der Waals surface area contributed by atoms with Gasteiger partial charge in [-0.2, -0.15) is 0 Å². The number of para-hydroxylation sites is 1. The average Bonchev–Trinajstić information content (AvgIpc) is 2.77. The molecule has 0 atom stereocenters. The molecule has 3 rings (SSSR count). The number of amides is 1. The maximum absolute atomic E-state index is 11.7. The maximum Gasteiger partial charge on any atom is 0.254 e.